The highest BCUT2D eigenvalue weighted by atomic mass is 35.5. The predicted molar refractivity (Wildman–Crippen MR) is 113 cm³/mol. The molecule has 0 bridgehead atoms. The van der Waals surface area contributed by atoms with Gasteiger partial charge in [-0.2, -0.15) is 0 Å². The van der Waals surface area contributed by atoms with Crippen molar-refractivity contribution in [1.82, 2.24) is 10.4 Å². The zero-order valence-corrected chi connectivity index (χ0v) is 17.9. The minimum absolute atomic E-state index is 0.145. The molecule has 2 unspecified atom stereocenters. The number of primary amides is 1. The van der Waals surface area contributed by atoms with Gasteiger partial charge < -0.3 is 15.8 Å². The lowest BCUT2D eigenvalue weighted by atomic mass is 9.69. The molecular weight excluding hydrogens is 408 g/mol. The van der Waals surface area contributed by atoms with Crippen molar-refractivity contribution < 1.29 is 19.1 Å². The number of nitrogens with one attached hydrogen (secondary N) is 2. The Morgan fingerprint density at radius 3 is 2.57 bits per heavy atom. The molecule has 160 valence electrons. The number of anilines is 1. The molecule has 0 saturated heterocycles. The first-order valence-electron chi connectivity index (χ1n) is 9.74. The summed E-state index contributed by atoms with van der Waals surface area (Å²) in [6, 6.07) is 5.85. The number of benzene rings is 1. The molecular formula is C21H25ClN4O4. The summed E-state index contributed by atoms with van der Waals surface area (Å²) in [5.74, 6) is -0.846. The number of hydrazine groups is 1. The van der Waals surface area contributed by atoms with Gasteiger partial charge in [0.15, 0.2) is 0 Å². The standard InChI is InChI=1S/C21H25ClN4O4/c1-4-30-19(28)21-10-9-12(2)11-16(21)26(25-20(23)29)13(3)17(21)18(27)24-15-7-5-14(22)6-8-15/h5-8,11-12H,4,9-10H2,1-3H3,(H,24,27)(H3,23,25,29). The summed E-state index contributed by atoms with van der Waals surface area (Å²) < 4.78 is 5.39. The number of carbonyl (C=O) groups is 3. The molecule has 1 aromatic carbocycles. The lowest BCUT2D eigenvalue weighted by Crippen LogP contribution is -2.47. The topological polar surface area (TPSA) is 114 Å². The first kappa shape index (κ1) is 21.7. The third-order valence-electron chi connectivity index (χ3n) is 5.39. The maximum atomic E-state index is 13.4. The van der Waals surface area contributed by atoms with E-state index < -0.39 is 23.3 Å². The second-order valence-corrected chi connectivity index (χ2v) is 7.86. The summed E-state index contributed by atoms with van der Waals surface area (Å²) in [4.78, 5) is 38.3. The summed E-state index contributed by atoms with van der Waals surface area (Å²) in [5, 5.41) is 4.78. The van der Waals surface area contributed by atoms with Gasteiger partial charge in [0.05, 0.1) is 17.9 Å². The fraction of sp³-hybridized carbons (Fsp3) is 0.381. The molecule has 0 aromatic heterocycles. The second-order valence-electron chi connectivity index (χ2n) is 7.43. The van der Waals surface area contributed by atoms with E-state index in [0.717, 1.165) is 0 Å². The smallest absolute Gasteiger partial charge is 0.331 e. The summed E-state index contributed by atoms with van der Waals surface area (Å²) in [5.41, 5.74) is 8.21. The van der Waals surface area contributed by atoms with Gasteiger partial charge in [0, 0.05) is 16.4 Å². The number of hydrogen-bond donors (Lipinski definition) is 3. The van der Waals surface area contributed by atoms with Crippen molar-refractivity contribution >= 4 is 35.2 Å². The maximum Gasteiger partial charge on any atom is 0.331 e. The molecule has 1 heterocycles. The molecule has 8 nitrogen and oxygen atoms in total. The van der Waals surface area contributed by atoms with Gasteiger partial charge in [-0.05, 0) is 56.9 Å². The molecule has 2 aliphatic rings. The lowest BCUT2D eigenvalue weighted by molar-refractivity contribution is -0.152. The van der Waals surface area contributed by atoms with E-state index in [1.807, 2.05) is 13.0 Å². The van der Waals surface area contributed by atoms with E-state index >= 15 is 0 Å². The van der Waals surface area contributed by atoms with Gasteiger partial charge in [0.2, 0.25) is 0 Å². The highest BCUT2D eigenvalue weighted by Gasteiger charge is 2.58. The number of urea groups is 1. The van der Waals surface area contributed by atoms with Crippen LogP contribution in [0.4, 0.5) is 10.5 Å². The van der Waals surface area contributed by atoms with Crippen molar-refractivity contribution in [2.24, 2.45) is 17.1 Å². The Morgan fingerprint density at radius 1 is 1.30 bits per heavy atom. The Labute approximate surface area is 180 Å². The average Bonchev–Trinajstić information content (AvgIpc) is 2.92. The van der Waals surface area contributed by atoms with Crippen LogP contribution in [0.1, 0.15) is 33.6 Å². The van der Waals surface area contributed by atoms with Crippen molar-refractivity contribution in [2.45, 2.75) is 33.6 Å². The van der Waals surface area contributed by atoms with Gasteiger partial charge in [-0.3, -0.25) is 14.6 Å². The second kappa shape index (κ2) is 8.39. The van der Waals surface area contributed by atoms with E-state index in [2.05, 4.69) is 10.7 Å². The number of hydrogen-bond acceptors (Lipinski definition) is 5. The van der Waals surface area contributed by atoms with Crippen LogP contribution in [0.3, 0.4) is 0 Å². The number of rotatable bonds is 5. The van der Waals surface area contributed by atoms with Gasteiger partial charge in [-0.15, -0.1) is 0 Å². The van der Waals surface area contributed by atoms with Crippen LogP contribution >= 0.6 is 11.6 Å². The molecule has 2 atom stereocenters. The molecule has 0 radical (unpaired) electrons. The Kier molecular flexibility index (Phi) is 6.07. The van der Waals surface area contributed by atoms with E-state index in [1.165, 1.54) is 5.01 Å². The first-order chi connectivity index (χ1) is 14.2. The van der Waals surface area contributed by atoms with Crippen LogP contribution in [0, 0.1) is 11.3 Å². The lowest BCUT2D eigenvalue weighted by Gasteiger charge is -2.37. The van der Waals surface area contributed by atoms with Gasteiger partial charge >= 0.3 is 12.0 Å². The van der Waals surface area contributed by atoms with Crippen LogP contribution in [0.5, 0.6) is 0 Å². The summed E-state index contributed by atoms with van der Waals surface area (Å²) in [7, 11) is 0. The number of amides is 3. The average molecular weight is 433 g/mol. The van der Waals surface area contributed by atoms with Crippen molar-refractivity contribution in [3.8, 4) is 0 Å². The van der Waals surface area contributed by atoms with Gasteiger partial charge in [-0.25, -0.2) is 10.2 Å². The molecule has 0 spiro atoms. The van der Waals surface area contributed by atoms with E-state index in [4.69, 9.17) is 22.1 Å². The Bertz CT molecular complexity index is 941. The third kappa shape index (κ3) is 3.75. The van der Waals surface area contributed by atoms with Crippen LogP contribution in [-0.2, 0) is 14.3 Å². The van der Waals surface area contributed by atoms with Crippen LogP contribution in [0.25, 0.3) is 0 Å². The summed E-state index contributed by atoms with van der Waals surface area (Å²) >= 11 is 5.92. The number of nitrogens with zero attached hydrogens (tertiary/aromatic N) is 1. The van der Waals surface area contributed by atoms with E-state index in [9.17, 15) is 14.4 Å². The SMILES string of the molecule is CCOC(=O)C12CCC(C)C=C1N(NC(N)=O)C(C)=C2C(=O)Nc1ccc(Cl)cc1. The molecule has 3 amide bonds. The molecule has 1 aromatic rings. The summed E-state index contributed by atoms with van der Waals surface area (Å²) in [6.45, 7) is 5.54. The Balaban J connectivity index is 2.11. The molecule has 30 heavy (non-hydrogen) atoms. The molecule has 1 aliphatic heterocycles. The zero-order chi connectivity index (χ0) is 22.1. The number of carbonyl (C=O) groups excluding carboxylic acids is 3. The zero-order valence-electron chi connectivity index (χ0n) is 17.1. The third-order valence-corrected chi connectivity index (χ3v) is 5.65. The predicted octanol–water partition coefficient (Wildman–Crippen LogP) is 3.31. The molecule has 3 rings (SSSR count). The van der Waals surface area contributed by atoms with Crippen molar-refractivity contribution in [3.63, 3.8) is 0 Å². The van der Waals surface area contributed by atoms with E-state index in [0.29, 0.717) is 34.9 Å². The number of esters is 1. The van der Waals surface area contributed by atoms with Crippen LogP contribution in [0.2, 0.25) is 5.02 Å². The highest BCUT2D eigenvalue weighted by molar-refractivity contribution is 6.30. The molecule has 9 heteroatoms. The van der Waals surface area contributed by atoms with Gasteiger partial charge in [0.25, 0.3) is 5.91 Å². The fourth-order valence-electron chi connectivity index (χ4n) is 4.09. The molecule has 0 fully saturated rings. The van der Waals surface area contributed by atoms with Gasteiger partial charge in [0.1, 0.15) is 5.41 Å². The largest absolute Gasteiger partial charge is 0.465 e. The minimum Gasteiger partial charge on any atom is -0.465 e. The maximum absolute atomic E-state index is 13.4. The number of nitrogens with two attached hydrogens (primary N) is 1. The number of ether oxygens (including phenoxy) is 1. The molecule has 1 aliphatic carbocycles. The first-order valence-corrected chi connectivity index (χ1v) is 10.1. The Morgan fingerprint density at radius 2 is 1.97 bits per heavy atom. The Hall–Kier alpha value is -3.00. The van der Waals surface area contributed by atoms with Gasteiger partial charge in [-0.1, -0.05) is 24.6 Å². The van der Waals surface area contributed by atoms with Crippen LogP contribution in [0.15, 0.2) is 47.3 Å². The molecule has 0 saturated carbocycles. The van der Waals surface area contributed by atoms with Crippen LogP contribution in [-0.4, -0.2) is 29.5 Å². The van der Waals surface area contributed by atoms with E-state index in [1.54, 1.807) is 38.1 Å². The highest BCUT2D eigenvalue weighted by Crippen LogP contribution is 2.54. The van der Waals surface area contributed by atoms with Crippen molar-refractivity contribution in [1.29, 1.82) is 0 Å². The quantitative estimate of drug-likeness (QED) is 0.617. The fourth-order valence-corrected chi connectivity index (χ4v) is 4.22. The van der Waals surface area contributed by atoms with Crippen molar-refractivity contribution in [3.05, 3.63) is 52.3 Å². The summed E-state index contributed by atoms with van der Waals surface area (Å²) in [6.07, 6.45) is 2.93. The van der Waals surface area contributed by atoms with Crippen molar-refractivity contribution in [2.75, 3.05) is 11.9 Å². The minimum atomic E-state index is -1.33. The number of fused-ring (bicyclic) bond motifs is 1. The van der Waals surface area contributed by atoms with Crippen LogP contribution < -0.4 is 16.5 Å². The monoisotopic (exact) mass is 432 g/mol. The molecule has 4 N–H and O–H groups in total. The normalized spacial score (nSPS) is 22.9. The number of allylic oxidation sites excluding steroid dienone is 2. The number of halogens is 1. The van der Waals surface area contributed by atoms with E-state index in [-0.39, 0.29) is 18.1 Å².